The van der Waals surface area contributed by atoms with Gasteiger partial charge in [0.25, 0.3) is 0 Å². The summed E-state index contributed by atoms with van der Waals surface area (Å²) in [7, 11) is 0.725. The van der Waals surface area contributed by atoms with Crippen LogP contribution < -0.4 is 9.64 Å². The van der Waals surface area contributed by atoms with Crippen LogP contribution in [0.1, 0.15) is 0 Å². The number of anilines is 1. The van der Waals surface area contributed by atoms with Gasteiger partial charge >= 0.3 is 6.09 Å². The number of fused-ring (bicyclic) bond motifs is 1. The first-order chi connectivity index (χ1) is 12.1. The van der Waals surface area contributed by atoms with Crippen molar-refractivity contribution in [3.8, 4) is 5.75 Å². The van der Waals surface area contributed by atoms with E-state index in [4.69, 9.17) is 14.2 Å². The fourth-order valence-corrected chi connectivity index (χ4v) is 3.07. The number of benzene rings is 2. The molecule has 1 amide bonds. The van der Waals surface area contributed by atoms with Gasteiger partial charge in [-0.1, -0.05) is 12.1 Å². The van der Waals surface area contributed by atoms with Crippen LogP contribution in [0.3, 0.4) is 0 Å². The smallest absolute Gasteiger partial charge is 0.414 e. The number of nitrogens with zero attached hydrogens (tertiary/aromatic N) is 1. The van der Waals surface area contributed by atoms with E-state index in [0.717, 1.165) is 22.2 Å². The molecule has 1 aliphatic heterocycles. The Morgan fingerprint density at radius 1 is 1.24 bits per heavy atom. The number of carbonyl (C=O) groups excluding carboxylic acids is 1. The van der Waals surface area contributed by atoms with Gasteiger partial charge in [-0.25, -0.2) is 4.79 Å². The largest absolute Gasteiger partial charge is 0.493 e. The Labute approximate surface area is 149 Å². The van der Waals surface area contributed by atoms with E-state index in [0.29, 0.717) is 25.5 Å². The van der Waals surface area contributed by atoms with E-state index in [-0.39, 0.29) is 12.2 Å². The Balaban J connectivity index is 1.74. The Morgan fingerprint density at radius 2 is 2.00 bits per heavy atom. The topological polar surface area (TPSA) is 65.1 Å². The Bertz CT molecular complexity index is 794. The van der Waals surface area contributed by atoms with Crippen LogP contribution >= 0.6 is 0 Å². The zero-order valence-corrected chi connectivity index (χ0v) is 15.1. The quantitative estimate of drug-likeness (QED) is 0.756. The highest BCUT2D eigenvalue weighted by Crippen LogP contribution is 2.28. The molecule has 134 valence electrons. The van der Waals surface area contributed by atoms with Crippen LogP contribution in [0.2, 0.25) is 0 Å². The van der Waals surface area contributed by atoms with Gasteiger partial charge in [0.15, 0.2) is 0 Å². The van der Waals surface area contributed by atoms with E-state index in [2.05, 4.69) is 0 Å². The number of ether oxygens (including phenoxy) is 3. The Kier molecular flexibility index (Phi) is 5.55. The van der Waals surface area contributed by atoms with Crippen molar-refractivity contribution in [1.82, 2.24) is 0 Å². The molecule has 0 saturated carbocycles. The number of carbonyl (C=O) groups is 1. The standard InChI is InChI=1S/C18H21NO5S/c1-22-12-17-11-19(18(20)24-17)15-5-3-14-10-16(6-4-13(14)9-15)23-7-8-25(2)21/h3-6,9-10,17H,7-8,11-12H2,1-2H3. The highest BCUT2D eigenvalue weighted by atomic mass is 32.2. The first kappa shape index (κ1) is 17.7. The average Bonchev–Trinajstić information content (AvgIpc) is 2.95. The zero-order valence-electron chi connectivity index (χ0n) is 14.3. The number of amides is 1. The summed E-state index contributed by atoms with van der Waals surface area (Å²) in [5, 5.41) is 2.02. The van der Waals surface area contributed by atoms with Crippen molar-refractivity contribution < 1.29 is 23.2 Å². The lowest BCUT2D eigenvalue weighted by atomic mass is 10.1. The minimum absolute atomic E-state index is 0.243. The van der Waals surface area contributed by atoms with E-state index in [1.54, 1.807) is 18.3 Å². The molecule has 1 saturated heterocycles. The summed E-state index contributed by atoms with van der Waals surface area (Å²) in [5.74, 6) is 1.25. The molecule has 0 aliphatic carbocycles. The monoisotopic (exact) mass is 363 g/mol. The first-order valence-corrected chi connectivity index (χ1v) is 9.73. The molecule has 2 aromatic carbocycles. The SMILES string of the molecule is COCC1CN(c2ccc3cc(OCCS(C)=O)ccc3c2)C(=O)O1. The summed E-state index contributed by atoms with van der Waals surface area (Å²) in [6.07, 6.45) is 1.06. The molecular formula is C18H21NO5S. The molecule has 0 bridgehead atoms. The van der Waals surface area contributed by atoms with E-state index in [1.807, 2.05) is 36.4 Å². The fraction of sp³-hybridized carbons (Fsp3) is 0.389. The Hall–Kier alpha value is -2.12. The Morgan fingerprint density at radius 3 is 2.76 bits per heavy atom. The molecule has 3 rings (SSSR count). The summed E-state index contributed by atoms with van der Waals surface area (Å²) < 4.78 is 27.0. The molecule has 2 atom stereocenters. The highest BCUT2D eigenvalue weighted by molar-refractivity contribution is 7.84. The second kappa shape index (κ2) is 7.84. The molecule has 0 N–H and O–H groups in total. The summed E-state index contributed by atoms with van der Waals surface area (Å²) in [4.78, 5) is 13.6. The average molecular weight is 363 g/mol. The predicted molar refractivity (Wildman–Crippen MR) is 97.9 cm³/mol. The number of hydrogen-bond acceptors (Lipinski definition) is 5. The van der Waals surface area contributed by atoms with Crippen molar-refractivity contribution in [2.75, 3.05) is 43.8 Å². The van der Waals surface area contributed by atoms with Gasteiger partial charge in [0, 0.05) is 29.9 Å². The molecule has 7 heteroatoms. The van der Waals surface area contributed by atoms with Gasteiger partial charge in [-0.05, 0) is 35.0 Å². The summed E-state index contributed by atoms with van der Waals surface area (Å²) in [6, 6.07) is 11.6. The first-order valence-electron chi connectivity index (χ1n) is 8.00. The van der Waals surface area contributed by atoms with Gasteiger partial charge in [-0.2, -0.15) is 0 Å². The van der Waals surface area contributed by atoms with Crippen molar-refractivity contribution in [2.24, 2.45) is 0 Å². The number of methoxy groups -OCH3 is 1. The molecule has 6 nitrogen and oxygen atoms in total. The summed E-state index contributed by atoms with van der Waals surface area (Å²) in [6.45, 7) is 1.29. The second-order valence-electron chi connectivity index (χ2n) is 5.89. The third kappa shape index (κ3) is 4.29. The molecule has 2 aromatic rings. The molecule has 0 aromatic heterocycles. The molecule has 25 heavy (non-hydrogen) atoms. The third-order valence-corrected chi connectivity index (χ3v) is 4.71. The molecule has 0 spiro atoms. The minimum atomic E-state index is -0.862. The molecular weight excluding hydrogens is 342 g/mol. The maximum atomic E-state index is 12.0. The van der Waals surface area contributed by atoms with E-state index in [1.165, 1.54) is 0 Å². The second-order valence-corrected chi connectivity index (χ2v) is 7.45. The van der Waals surface area contributed by atoms with Crippen LogP contribution in [0.25, 0.3) is 10.8 Å². The zero-order chi connectivity index (χ0) is 17.8. The van der Waals surface area contributed by atoms with Gasteiger partial charge in [0.2, 0.25) is 0 Å². The lowest BCUT2D eigenvalue weighted by Gasteiger charge is -2.14. The van der Waals surface area contributed by atoms with E-state index < -0.39 is 10.8 Å². The van der Waals surface area contributed by atoms with Gasteiger partial charge in [-0.3, -0.25) is 9.11 Å². The third-order valence-electron chi connectivity index (χ3n) is 3.97. The van der Waals surface area contributed by atoms with Crippen molar-refractivity contribution >= 4 is 33.4 Å². The van der Waals surface area contributed by atoms with Crippen LogP contribution in [0.4, 0.5) is 10.5 Å². The number of hydrogen-bond donors (Lipinski definition) is 0. The van der Waals surface area contributed by atoms with Crippen molar-refractivity contribution in [3.63, 3.8) is 0 Å². The summed E-state index contributed by atoms with van der Waals surface area (Å²) in [5.41, 5.74) is 0.797. The predicted octanol–water partition coefficient (Wildman–Crippen LogP) is 2.57. The molecule has 0 radical (unpaired) electrons. The maximum absolute atomic E-state index is 12.0. The van der Waals surface area contributed by atoms with Crippen LogP contribution in [0, 0.1) is 0 Å². The van der Waals surface area contributed by atoms with Gasteiger partial charge in [-0.15, -0.1) is 0 Å². The van der Waals surface area contributed by atoms with Gasteiger partial charge in [0.1, 0.15) is 11.9 Å². The lowest BCUT2D eigenvalue weighted by Crippen LogP contribution is -2.25. The maximum Gasteiger partial charge on any atom is 0.414 e. The van der Waals surface area contributed by atoms with E-state index in [9.17, 15) is 9.00 Å². The molecule has 1 heterocycles. The van der Waals surface area contributed by atoms with Crippen LogP contribution in [0.15, 0.2) is 36.4 Å². The van der Waals surface area contributed by atoms with E-state index >= 15 is 0 Å². The van der Waals surface area contributed by atoms with Crippen molar-refractivity contribution in [3.05, 3.63) is 36.4 Å². The number of cyclic esters (lactones) is 1. The van der Waals surface area contributed by atoms with Crippen molar-refractivity contribution in [1.29, 1.82) is 0 Å². The lowest BCUT2D eigenvalue weighted by molar-refractivity contribution is 0.0718. The van der Waals surface area contributed by atoms with Crippen LogP contribution in [-0.2, 0) is 20.3 Å². The minimum Gasteiger partial charge on any atom is -0.493 e. The molecule has 1 aliphatic rings. The number of rotatable bonds is 7. The van der Waals surface area contributed by atoms with Crippen LogP contribution in [0.5, 0.6) is 5.75 Å². The molecule has 2 unspecified atom stereocenters. The van der Waals surface area contributed by atoms with Crippen molar-refractivity contribution in [2.45, 2.75) is 6.10 Å². The van der Waals surface area contributed by atoms with Crippen LogP contribution in [-0.4, -0.2) is 55.3 Å². The fourth-order valence-electron chi connectivity index (χ4n) is 2.75. The summed E-state index contributed by atoms with van der Waals surface area (Å²) >= 11 is 0. The normalized spacial score (nSPS) is 18.4. The molecule has 1 fully saturated rings. The highest BCUT2D eigenvalue weighted by Gasteiger charge is 2.32. The van der Waals surface area contributed by atoms with Gasteiger partial charge in [0.05, 0.1) is 25.5 Å². The van der Waals surface area contributed by atoms with Gasteiger partial charge < -0.3 is 14.2 Å².